The first-order chi connectivity index (χ1) is 9.01. The highest BCUT2D eigenvalue weighted by Gasteiger charge is 2.18. The van der Waals surface area contributed by atoms with Crippen molar-refractivity contribution >= 4 is 10.0 Å². The summed E-state index contributed by atoms with van der Waals surface area (Å²) in [7, 11) is -0.0872. The molecular formula is C13H22N2O3S. The Morgan fingerprint density at radius 3 is 2.47 bits per heavy atom. The predicted octanol–water partition coefficient (Wildman–Crippen LogP) is 0.943. The zero-order chi connectivity index (χ0) is 14.3. The fourth-order valence-electron chi connectivity index (χ4n) is 1.79. The van der Waals surface area contributed by atoms with Gasteiger partial charge >= 0.3 is 0 Å². The second kappa shape index (κ2) is 7.59. The van der Waals surface area contributed by atoms with E-state index in [4.69, 9.17) is 10.5 Å². The fraction of sp³-hybridized carbons (Fsp3) is 0.538. The van der Waals surface area contributed by atoms with Gasteiger partial charge in [0.15, 0.2) is 0 Å². The van der Waals surface area contributed by atoms with Crippen LogP contribution < -0.4 is 5.73 Å². The number of hydrogen-bond acceptors (Lipinski definition) is 4. The van der Waals surface area contributed by atoms with Crippen LogP contribution in [0.3, 0.4) is 0 Å². The molecule has 0 saturated heterocycles. The monoisotopic (exact) mass is 286 g/mol. The Balaban J connectivity index is 2.70. The van der Waals surface area contributed by atoms with Gasteiger partial charge in [0.2, 0.25) is 10.0 Å². The average molecular weight is 286 g/mol. The number of sulfonamides is 1. The maximum atomic E-state index is 12.0. The molecule has 0 amide bonds. The lowest BCUT2D eigenvalue weighted by Crippen LogP contribution is -2.29. The molecule has 0 aliphatic rings. The van der Waals surface area contributed by atoms with E-state index in [-0.39, 0.29) is 5.75 Å². The maximum absolute atomic E-state index is 12.0. The van der Waals surface area contributed by atoms with Gasteiger partial charge < -0.3 is 10.5 Å². The van der Waals surface area contributed by atoms with E-state index >= 15 is 0 Å². The van der Waals surface area contributed by atoms with Gasteiger partial charge in [-0.1, -0.05) is 24.3 Å². The molecule has 5 nitrogen and oxygen atoms in total. The summed E-state index contributed by atoms with van der Waals surface area (Å²) in [4.78, 5) is 0. The van der Waals surface area contributed by atoms with Crippen LogP contribution in [0.4, 0.5) is 0 Å². The Kier molecular flexibility index (Phi) is 6.44. The number of nitrogens with zero attached hydrogens (tertiary/aromatic N) is 1. The summed E-state index contributed by atoms with van der Waals surface area (Å²) in [5.41, 5.74) is 7.57. The minimum absolute atomic E-state index is 0.0993. The third kappa shape index (κ3) is 4.91. The third-order valence-corrected chi connectivity index (χ3v) is 4.84. The van der Waals surface area contributed by atoms with Crippen LogP contribution in [0.1, 0.15) is 17.5 Å². The predicted molar refractivity (Wildman–Crippen MR) is 76.1 cm³/mol. The fourth-order valence-corrected chi connectivity index (χ4v) is 2.92. The lowest BCUT2D eigenvalue weighted by Gasteiger charge is -2.18. The minimum atomic E-state index is -3.24. The van der Waals surface area contributed by atoms with Crippen LogP contribution in [0.5, 0.6) is 0 Å². The van der Waals surface area contributed by atoms with E-state index in [9.17, 15) is 8.42 Å². The number of ether oxygens (including phenoxy) is 1. The van der Waals surface area contributed by atoms with Gasteiger partial charge in [-0.15, -0.1) is 0 Å². The lowest BCUT2D eigenvalue weighted by molar-refractivity contribution is 0.199. The molecule has 108 valence electrons. The SMILES string of the molecule is COCCCS(=O)(=O)N(C)Cc1ccccc1CN. The molecule has 0 radical (unpaired) electrons. The van der Waals surface area contributed by atoms with Gasteiger partial charge in [0.1, 0.15) is 0 Å². The van der Waals surface area contributed by atoms with Crippen LogP contribution in [0, 0.1) is 0 Å². The highest BCUT2D eigenvalue weighted by molar-refractivity contribution is 7.89. The van der Waals surface area contributed by atoms with Crippen LogP contribution >= 0.6 is 0 Å². The zero-order valence-corrected chi connectivity index (χ0v) is 12.3. The van der Waals surface area contributed by atoms with E-state index < -0.39 is 10.0 Å². The molecule has 0 saturated carbocycles. The normalized spacial score (nSPS) is 12.0. The summed E-state index contributed by atoms with van der Waals surface area (Å²) in [6.45, 7) is 1.21. The molecule has 0 aromatic heterocycles. The summed E-state index contributed by atoms with van der Waals surface area (Å²) in [5, 5.41) is 0. The van der Waals surface area contributed by atoms with Gasteiger partial charge in [-0.2, -0.15) is 0 Å². The van der Waals surface area contributed by atoms with E-state index in [1.54, 1.807) is 14.2 Å². The van der Waals surface area contributed by atoms with Gasteiger partial charge in [0.05, 0.1) is 5.75 Å². The summed E-state index contributed by atoms with van der Waals surface area (Å²) in [6.07, 6.45) is 0.502. The van der Waals surface area contributed by atoms with E-state index in [1.165, 1.54) is 4.31 Å². The maximum Gasteiger partial charge on any atom is 0.214 e. The van der Waals surface area contributed by atoms with Crippen molar-refractivity contribution in [3.63, 3.8) is 0 Å². The highest BCUT2D eigenvalue weighted by Crippen LogP contribution is 2.13. The Morgan fingerprint density at radius 2 is 1.89 bits per heavy atom. The van der Waals surface area contributed by atoms with Gasteiger partial charge in [0.25, 0.3) is 0 Å². The number of nitrogens with two attached hydrogens (primary N) is 1. The van der Waals surface area contributed by atoms with Crippen molar-refractivity contribution in [1.29, 1.82) is 0 Å². The van der Waals surface area contributed by atoms with E-state index in [1.807, 2.05) is 24.3 Å². The Labute approximate surface area is 115 Å². The quantitative estimate of drug-likeness (QED) is 0.722. The van der Waals surface area contributed by atoms with Crippen LogP contribution in [0.2, 0.25) is 0 Å². The second-order valence-corrected chi connectivity index (χ2v) is 6.59. The van der Waals surface area contributed by atoms with Gasteiger partial charge in [-0.3, -0.25) is 0 Å². The highest BCUT2D eigenvalue weighted by atomic mass is 32.2. The summed E-state index contributed by atoms with van der Waals surface area (Å²) in [5.74, 6) is 0.0993. The van der Waals surface area contributed by atoms with Gasteiger partial charge in [-0.25, -0.2) is 12.7 Å². The smallest absolute Gasteiger partial charge is 0.214 e. The average Bonchev–Trinajstić information content (AvgIpc) is 2.39. The molecular weight excluding hydrogens is 264 g/mol. The molecule has 0 spiro atoms. The van der Waals surface area contributed by atoms with E-state index in [0.29, 0.717) is 26.1 Å². The summed E-state index contributed by atoms with van der Waals surface area (Å²) < 4.78 is 30.3. The van der Waals surface area contributed by atoms with E-state index in [0.717, 1.165) is 11.1 Å². The van der Waals surface area contributed by atoms with Crippen molar-refractivity contribution in [1.82, 2.24) is 4.31 Å². The lowest BCUT2D eigenvalue weighted by atomic mass is 10.1. The molecule has 0 atom stereocenters. The first-order valence-electron chi connectivity index (χ1n) is 6.21. The zero-order valence-electron chi connectivity index (χ0n) is 11.5. The Morgan fingerprint density at radius 1 is 1.26 bits per heavy atom. The molecule has 0 unspecified atom stereocenters. The first-order valence-corrected chi connectivity index (χ1v) is 7.82. The minimum Gasteiger partial charge on any atom is -0.385 e. The van der Waals surface area contributed by atoms with Crippen LogP contribution in [-0.2, 0) is 27.8 Å². The van der Waals surface area contributed by atoms with Crippen LogP contribution in [0.15, 0.2) is 24.3 Å². The van der Waals surface area contributed by atoms with Gasteiger partial charge in [0, 0.05) is 33.9 Å². The molecule has 0 bridgehead atoms. The molecule has 1 rings (SSSR count). The Bertz CT molecular complexity index is 488. The molecule has 1 aromatic rings. The first kappa shape index (κ1) is 16.1. The number of methoxy groups -OCH3 is 1. The molecule has 0 aliphatic carbocycles. The standard InChI is InChI=1S/C13H22N2O3S/c1-15(19(16,17)9-5-8-18-2)11-13-7-4-3-6-12(13)10-14/h3-4,6-7H,5,8-11,14H2,1-2H3. The van der Waals surface area contributed by atoms with Crippen LogP contribution in [-0.4, -0.2) is 39.2 Å². The summed E-state index contributed by atoms with van der Waals surface area (Å²) in [6, 6.07) is 7.61. The molecule has 0 aliphatic heterocycles. The van der Waals surface area contributed by atoms with E-state index in [2.05, 4.69) is 0 Å². The van der Waals surface area contributed by atoms with Crippen molar-refractivity contribution in [2.24, 2.45) is 5.73 Å². The molecule has 6 heteroatoms. The largest absolute Gasteiger partial charge is 0.385 e. The molecule has 0 heterocycles. The molecule has 2 N–H and O–H groups in total. The van der Waals surface area contributed by atoms with Crippen molar-refractivity contribution in [3.8, 4) is 0 Å². The van der Waals surface area contributed by atoms with Crippen LogP contribution in [0.25, 0.3) is 0 Å². The van der Waals surface area contributed by atoms with Crippen molar-refractivity contribution in [2.45, 2.75) is 19.5 Å². The number of hydrogen-bond donors (Lipinski definition) is 1. The molecule has 1 aromatic carbocycles. The second-order valence-electron chi connectivity index (χ2n) is 4.39. The number of rotatable bonds is 8. The molecule has 19 heavy (non-hydrogen) atoms. The molecule has 0 fully saturated rings. The van der Waals surface area contributed by atoms with Crippen molar-refractivity contribution in [3.05, 3.63) is 35.4 Å². The van der Waals surface area contributed by atoms with Crippen molar-refractivity contribution in [2.75, 3.05) is 26.5 Å². The summed E-state index contributed by atoms with van der Waals surface area (Å²) >= 11 is 0. The topological polar surface area (TPSA) is 72.6 Å². The third-order valence-electron chi connectivity index (χ3n) is 2.96. The van der Waals surface area contributed by atoms with Crippen molar-refractivity contribution < 1.29 is 13.2 Å². The number of benzene rings is 1. The van der Waals surface area contributed by atoms with Gasteiger partial charge in [-0.05, 0) is 17.5 Å². The Hall–Kier alpha value is -0.950.